The summed E-state index contributed by atoms with van der Waals surface area (Å²) in [6, 6.07) is 7.41. The summed E-state index contributed by atoms with van der Waals surface area (Å²) in [5.41, 5.74) is 4.45. The molecule has 27 heavy (non-hydrogen) atoms. The fourth-order valence-corrected chi connectivity index (χ4v) is 4.83. The third kappa shape index (κ3) is 5.86. The van der Waals surface area contributed by atoms with Gasteiger partial charge in [-0.2, -0.15) is 6.42 Å². The molecule has 0 amide bonds. The van der Waals surface area contributed by atoms with Crippen LogP contribution in [0, 0.1) is 58.4 Å². The van der Waals surface area contributed by atoms with E-state index in [2.05, 4.69) is 71.7 Å². The molecule has 1 saturated carbocycles. The summed E-state index contributed by atoms with van der Waals surface area (Å²) < 4.78 is 0. The van der Waals surface area contributed by atoms with Gasteiger partial charge in [-0.1, -0.05) is 52.8 Å². The number of fused-ring (bicyclic) bond motifs is 1. The second kappa shape index (κ2) is 12.3. The second-order valence-corrected chi connectivity index (χ2v) is 8.25. The molecule has 0 bridgehead atoms. The largest absolute Gasteiger partial charge is 4.00 e. The monoisotopic (exact) mass is 405 g/mol. The van der Waals surface area contributed by atoms with Crippen molar-refractivity contribution < 1.29 is 21.7 Å². The summed E-state index contributed by atoms with van der Waals surface area (Å²) in [5.74, 6) is 4.14. The van der Waals surface area contributed by atoms with E-state index in [1.54, 1.807) is 0 Å². The predicted molar refractivity (Wildman–Crippen MR) is 120 cm³/mol. The summed E-state index contributed by atoms with van der Waals surface area (Å²) in [6.07, 6.45) is 3.37. The number of hydrogen-bond acceptors (Lipinski definition) is 1. The van der Waals surface area contributed by atoms with Gasteiger partial charge in [0.2, 0.25) is 0 Å². The fourth-order valence-electron chi connectivity index (χ4n) is 4.83. The molecule has 3 rings (SSSR count). The van der Waals surface area contributed by atoms with Crippen LogP contribution in [-0.2, 0) is 34.6 Å². The zero-order chi connectivity index (χ0) is 18.0. The number of nitrogens with zero attached hydrogens (tertiary/aromatic N) is 1. The molecule has 0 radical (unpaired) electrons. The molecule has 1 fully saturated rings. The molecule has 5 atom stereocenters. The minimum absolute atomic E-state index is 0. The first-order chi connectivity index (χ1) is 11.3. The van der Waals surface area contributed by atoms with E-state index in [1.807, 2.05) is 6.92 Å². The molecular formula is C25H43NTi. The maximum absolute atomic E-state index is 4.30. The van der Waals surface area contributed by atoms with Crippen LogP contribution in [0.4, 0.5) is 5.69 Å². The molecule has 0 aromatic heterocycles. The van der Waals surface area contributed by atoms with E-state index in [4.69, 9.17) is 0 Å². The van der Waals surface area contributed by atoms with Crippen LogP contribution >= 0.6 is 0 Å². The Hall–Kier alpha value is -0.266. The Balaban J connectivity index is 0. The van der Waals surface area contributed by atoms with Crippen LogP contribution < -0.4 is 4.90 Å². The Morgan fingerprint density at radius 1 is 0.963 bits per heavy atom. The van der Waals surface area contributed by atoms with Gasteiger partial charge in [0.15, 0.2) is 0 Å². The van der Waals surface area contributed by atoms with Gasteiger partial charge < -0.3 is 26.7 Å². The fraction of sp³-hybridized carbons (Fsp3) is 0.600. The van der Waals surface area contributed by atoms with Crippen molar-refractivity contribution in [2.45, 2.75) is 66.8 Å². The zero-order valence-corrected chi connectivity index (χ0v) is 20.7. The van der Waals surface area contributed by atoms with Crippen molar-refractivity contribution in [3.63, 3.8) is 0 Å². The topological polar surface area (TPSA) is 3.24 Å². The number of anilines is 1. The molecule has 0 spiro atoms. The van der Waals surface area contributed by atoms with Crippen molar-refractivity contribution in [3.05, 3.63) is 58.2 Å². The van der Waals surface area contributed by atoms with Gasteiger partial charge in [0.05, 0.1) is 0 Å². The molecule has 1 aliphatic carbocycles. The normalized spacial score (nSPS) is 30.9. The summed E-state index contributed by atoms with van der Waals surface area (Å²) in [7, 11) is 4.30. The molecule has 1 heterocycles. The van der Waals surface area contributed by atoms with Gasteiger partial charge in [0, 0.05) is 11.7 Å². The Morgan fingerprint density at radius 3 is 1.93 bits per heavy atom. The van der Waals surface area contributed by atoms with Crippen LogP contribution in [0.15, 0.2) is 18.2 Å². The molecule has 1 nitrogen and oxygen atoms in total. The molecule has 5 unspecified atom stereocenters. The van der Waals surface area contributed by atoms with Crippen LogP contribution in [0.25, 0.3) is 0 Å². The Morgan fingerprint density at radius 2 is 1.44 bits per heavy atom. The first-order valence-electron chi connectivity index (χ1n) is 9.83. The van der Waals surface area contributed by atoms with Gasteiger partial charge >= 0.3 is 21.7 Å². The Labute approximate surface area is 186 Å². The number of rotatable bonds is 2. The van der Waals surface area contributed by atoms with Crippen molar-refractivity contribution in [2.75, 3.05) is 4.90 Å². The van der Waals surface area contributed by atoms with E-state index in [9.17, 15) is 0 Å². The quantitative estimate of drug-likeness (QED) is 0.375. The SMILES string of the molecule is [CH2-]CC.[CH2-]N1c2c(CC3C(C)C(C)C(C)C3C)cccc2CC1C.[CH3-].[CH3-].[Ti+4]. The van der Waals surface area contributed by atoms with Crippen molar-refractivity contribution >= 4 is 5.69 Å². The number of para-hydroxylation sites is 1. The minimum Gasteiger partial charge on any atom is -0.522 e. The van der Waals surface area contributed by atoms with Crippen molar-refractivity contribution in [2.24, 2.45) is 29.6 Å². The Kier molecular flexibility index (Phi) is 13.2. The maximum Gasteiger partial charge on any atom is 4.00 e. The number of benzene rings is 1. The van der Waals surface area contributed by atoms with E-state index < -0.39 is 0 Å². The van der Waals surface area contributed by atoms with Crippen molar-refractivity contribution in [1.82, 2.24) is 0 Å². The number of hydrogen-bond donors (Lipinski definition) is 0. The summed E-state index contributed by atoms with van der Waals surface area (Å²) >= 11 is 0. The zero-order valence-electron chi connectivity index (χ0n) is 19.2. The predicted octanol–water partition coefficient (Wildman–Crippen LogP) is 7.07. The van der Waals surface area contributed by atoms with E-state index in [-0.39, 0.29) is 36.6 Å². The van der Waals surface area contributed by atoms with E-state index in [0.717, 1.165) is 42.4 Å². The van der Waals surface area contributed by atoms with Gasteiger partial charge in [-0.3, -0.25) is 7.05 Å². The summed E-state index contributed by atoms with van der Waals surface area (Å²) in [5, 5.41) is 0. The summed E-state index contributed by atoms with van der Waals surface area (Å²) in [6.45, 7) is 17.6. The first-order valence-corrected chi connectivity index (χ1v) is 9.83. The third-order valence-electron chi connectivity index (χ3n) is 6.83. The first kappa shape index (κ1) is 28.9. The maximum atomic E-state index is 4.30. The molecule has 0 N–H and O–H groups in total. The van der Waals surface area contributed by atoms with Gasteiger partial charge in [-0.05, 0) is 60.5 Å². The van der Waals surface area contributed by atoms with Gasteiger partial charge in [0.25, 0.3) is 0 Å². The van der Waals surface area contributed by atoms with Crippen LogP contribution in [0.5, 0.6) is 0 Å². The molecule has 1 aromatic carbocycles. The third-order valence-corrected chi connectivity index (χ3v) is 6.83. The standard InChI is InChI=1S/C20H30N.C3H7.2CH3.Ti/c1-12-10-17-8-7-9-18(20(17)21(12)6)11-19-15(4)13(2)14(3)16(19)5;1-3-2;;;/h7-9,12-16,19H,6,10-11H2,1-5H3;1,3H2,2H3;2*1H3;/q4*-1;+4. The van der Waals surface area contributed by atoms with Gasteiger partial charge in [-0.15, -0.1) is 0 Å². The van der Waals surface area contributed by atoms with Crippen LogP contribution in [0.3, 0.4) is 0 Å². The van der Waals surface area contributed by atoms with Gasteiger partial charge in [-0.25, -0.2) is 0 Å². The second-order valence-electron chi connectivity index (χ2n) is 8.25. The molecule has 1 aromatic rings. The average molecular weight is 405 g/mol. The van der Waals surface area contributed by atoms with E-state index >= 15 is 0 Å². The summed E-state index contributed by atoms with van der Waals surface area (Å²) in [4.78, 5) is 2.25. The Bertz CT molecular complexity index is 527. The minimum atomic E-state index is 0. The van der Waals surface area contributed by atoms with E-state index in [1.165, 1.54) is 23.2 Å². The van der Waals surface area contributed by atoms with Crippen LogP contribution in [0.2, 0.25) is 0 Å². The molecule has 152 valence electrons. The van der Waals surface area contributed by atoms with Crippen LogP contribution in [0.1, 0.15) is 59.1 Å². The van der Waals surface area contributed by atoms with Gasteiger partial charge in [0.1, 0.15) is 0 Å². The molecule has 0 saturated heterocycles. The molecule has 2 aliphatic rings. The van der Waals surface area contributed by atoms with Crippen molar-refractivity contribution in [3.8, 4) is 0 Å². The molecular weight excluding hydrogens is 362 g/mol. The van der Waals surface area contributed by atoms with Crippen molar-refractivity contribution in [1.29, 1.82) is 0 Å². The van der Waals surface area contributed by atoms with Crippen LogP contribution in [-0.4, -0.2) is 6.04 Å². The molecule has 1 aliphatic heterocycles. The smallest absolute Gasteiger partial charge is 0.522 e. The molecule has 2 heteroatoms. The van der Waals surface area contributed by atoms with E-state index in [0.29, 0.717) is 6.04 Å². The average Bonchev–Trinajstić information content (AvgIpc) is 2.94.